The summed E-state index contributed by atoms with van der Waals surface area (Å²) in [4.78, 5) is 21.5. The van der Waals surface area contributed by atoms with Crippen molar-refractivity contribution >= 4 is 11.9 Å². The van der Waals surface area contributed by atoms with E-state index in [1.165, 1.54) is 16.0 Å². The summed E-state index contributed by atoms with van der Waals surface area (Å²) in [7, 11) is 1.64. The Hall–Kier alpha value is -2.67. The Bertz CT molecular complexity index is 721. The average molecular weight is 293 g/mol. The van der Waals surface area contributed by atoms with E-state index in [1.54, 1.807) is 19.3 Å². The van der Waals surface area contributed by atoms with Crippen LogP contribution in [0.15, 0.2) is 36.5 Å². The van der Waals surface area contributed by atoms with Crippen LogP contribution in [0.25, 0.3) is 11.1 Å². The molecular formula is C18H19N3O. The number of carbonyl (C=O) groups is 1. The first kappa shape index (κ1) is 15.7. The number of carbonyl (C=O) groups excluding carboxylic acids is 1. The van der Waals surface area contributed by atoms with Crippen molar-refractivity contribution in [2.45, 2.75) is 20.8 Å². The second-order valence-corrected chi connectivity index (χ2v) is 6.08. The summed E-state index contributed by atoms with van der Waals surface area (Å²) in [5.41, 5.74) is 2.85. The standard InChI is InChI=1S/C12H15N3O.C6H4/c1-6-9-7-8-13-11(14-9)15(5)10(16)12(2,3)4;1-2-5-4-6(5)3-1/h1,7-8H,2-5H3;1-4H. The molecule has 0 bridgehead atoms. The fraction of sp³-hybridized carbons (Fsp3) is 0.278. The molecular weight excluding hydrogens is 274 g/mol. The molecule has 112 valence electrons. The number of aromatic nitrogens is 2. The number of benzene rings is 1. The SMILES string of the molecule is C#Cc1ccnc(N(C)C(=O)C(C)(C)C)n1.c1cc2cc-2c1. The van der Waals surface area contributed by atoms with E-state index in [9.17, 15) is 4.79 Å². The average Bonchev–Trinajstić information content (AvgIpc) is 3.11. The number of terminal acetylenes is 1. The third kappa shape index (κ3) is 3.70. The number of rotatable bonds is 1. The highest BCUT2D eigenvalue weighted by atomic mass is 16.2. The molecule has 0 saturated heterocycles. The first-order chi connectivity index (χ1) is 10.3. The highest BCUT2D eigenvalue weighted by molar-refractivity contribution is 5.94. The summed E-state index contributed by atoms with van der Waals surface area (Å²) >= 11 is 0. The first-order valence-electron chi connectivity index (χ1n) is 7.01. The van der Waals surface area contributed by atoms with Crippen LogP contribution in [0.2, 0.25) is 0 Å². The number of nitrogens with zero attached hydrogens (tertiary/aromatic N) is 3. The molecule has 0 aliphatic heterocycles. The summed E-state index contributed by atoms with van der Waals surface area (Å²) < 4.78 is 0. The molecule has 1 aromatic heterocycles. The summed E-state index contributed by atoms with van der Waals surface area (Å²) in [6.07, 6.45) is 6.78. The third-order valence-electron chi connectivity index (χ3n) is 3.15. The van der Waals surface area contributed by atoms with Gasteiger partial charge in [-0.15, -0.1) is 6.42 Å². The van der Waals surface area contributed by atoms with Gasteiger partial charge in [0.25, 0.3) is 0 Å². The molecule has 0 unspecified atom stereocenters. The van der Waals surface area contributed by atoms with Crippen molar-refractivity contribution in [3.05, 3.63) is 42.2 Å². The number of fused-ring (bicyclic) bond motifs is 1. The Morgan fingerprint density at radius 1 is 1.23 bits per heavy atom. The Morgan fingerprint density at radius 3 is 2.27 bits per heavy atom. The van der Waals surface area contributed by atoms with Gasteiger partial charge in [-0.1, -0.05) is 44.9 Å². The maximum atomic E-state index is 12.0. The van der Waals surface area contributed by atoms with Crippen LogP contribution in [-0.2, 0) is 4.79 Å². The van der Waals surface area contributed by atoms with Gasteiger partial charge in [-0.3, -0.25) is 9.69 Å². The van der Waals surface area contributed by atoms with Gasteiger partial charge in [-0.05, 0) is 23.3 Å². The van der Waals surface area contributed by atoms with Gasteiger partial charge in [0.2, 0.25) is 11.9 Å². The predicted molar refractivity (Wildman–Crippen MR) is 88.3 cm³/mol. The van der Waals surface area contributed by atoms with Gasteiger partial charge < -0.3 is 0 Å². The van der Waals surface area contributed by atoms with Gasteiger partial charge in [-0.2, -0.15) is 0 Å². The van der Waals surface area contributed by atoms with E-state index in [2.05, 4.69) is 40.2 Å². The van der Waals surface area contributed by atoms with Gasteiger partial charge in [0.05, 0.1) is 0 Å². The lowest BCUT2D eigenvalue weighted by Gasteiger charge is -2.24. The van der Waals surface area contributed by atoms with Crippen molar-refractivity contribution in [1.29, 1.82) is 0 Å². The first-order valence-corrected chi connectivity index (χ1v) is 7.01. The molecule has 0 fully saturated rings. The van der Waals surface area contributed by atoms with E-state index in [0.717, 1.165) is 0 Å². The predicted octanol–water partition coefficient (Wildman–Crippen LogP) is 3.13. The minimum atomic E-state index is -0.468. The summed E-state index contributed by atoms with van der Waals surface area (Å²) in [6, 6.07) is 10.1. The quantitative estimate of drug-likeness (QED) is 0.648. The smallest absolute Gasteiger partial charge is 0.234 e. The van der Waals surface area contributed by atoms with Crippen LogP contribution in [0.1, 0.15) is 26.5 Å². The number of hydrogen-bond acceptors (Lipinski definition) is 3. The number of amides is 1. The highest BCUT2D eigenvalue weighted by Crippen LogP contribution is 2.32. The minimum Gasteiger partial charge on any atom is -0.283 e. The highest BCUT2D eigenvalue weighted by Gasteiger charge is 2.27. The Labute approximate surface area is 131 Å². The summed E-state index contributed by atoms with van der Waals surface area (Å²) in [6.45, 7) is 5.53. The van der Waals surface area contributed by atoms with Gasteiger partial charge in [0, 0.05) is 18.7 Å². The van der Waals surface area contributed by atoms with E-state index in [1.807, 2.05) is 20.8 Å². The van der Waals surface area contributed by atoms with Crippen LogP contribution in [0.4, 0.5) is 5.95 Å². The van der Waals surface area contributed by atoms with Crippen LogP contribution in [0.5, 0.6) is 0 Å². The van der Waals surface area contributed by atoms with Gasteiger partial charge in [0.1, 0.15) is 5.69 Å². The van der Waals surface area contributed by atoms with E-state index in [-0.39, 0.29) is 5.91 Å². The molecule has 3 rings (SSSR count). The monoisotopic (exact) mass is 293 g/mol. The van der Waals surface area contributed by atoms with Crippen molar-refractivity contribution in [1.82, 2.24) is 9.97 Å². The van der Waals surface area contributed by atoms with E-state index >= 15 is 0 Å². The van der Waals surface area contributed by atoms with Crippen LogP contribution in [0, 0.1) is 17.8 Å². The largest absolute Gasteiger partial charge is 0.283 e. The molecule has 0 radical (unpaired) electrons. The molecule has 22 heavy (non-hydrogen) atoms. The molecule has 1 heterocycles. The maximum Gasteiger partial charge on any atom is 0.234 e. The molecule has 0 N–H and O–H groups in total. The van der Waals surface area contributed by atoms with E-state index in [4.69, 9.17) is 6.42 Å². The normalized spacial score (nSPS) is 10.9. The topological polar surface area (TPSA) is 46.1 Å². The Balaban J connectivity index is 0.000000238. The van der Waals surface area contributed by atoms with Crippen LogP contribution >= 0.6 is 0 Å². The number of hydrogen-bond donors (Lipinski definition) is 0. The van der Waals surface area contributed by atoms with Crippen molar-refractivity contribution in [3.8, 4) is 23.5 Å². The third-order valence-corrected chi connectivity index (χ3v) is 3.15. The fourth-order valence-corrected chi connectivity index (χ4v) is 1.86. The van der Waals surface area contributed by atoms with E-state index < -0.39 is 5.41 Å². The second-order valence-electron chi connectivity index (χ2n) is 6.08. The molecule has 4 heteroatoms. The molecule has 0 atom stereocenters. The maximum absolute atomic E-state index is 12.0. The Kier molecular flexibility index (Phi) is 4.27. The molecule has 0 spiro atoms. The lowest BCUT2D eigenvalue weighted by atomic mass is 9.95. The minimum absolute atomic E-state index is 0.0540. The van der Waals surface area contributed by atoms with Crippen molar-refractivity contribution in [2.24, 2.45) is 5.41 Å². The van der Waals surface area contributed by atoms with Gasteiger partial charge in [0.15, 0.2) is 0 Å². The van der Waals surface area contributed by atoms with Crippen molar-refractivity contribution in [3.63, 3.8) is 0 Å². The van der Waals surface area contributed by atoms with Crippen molar-refractivity contribution < 1.29 is 4.79 Å². The number of anilines is 1. The zero-order valence-corrected chi connectivity index (χ0v) is 13.3. The molecule has 0 saturated carbocycles. The van der Waals surface area contributed by atoms with Crippen LogP contribution in [0.3, 0.4) is 0 Å². The van der Waals surface area contributed by atoms with Crippen LogP contribution < -0.4 is 4.90 Å². The van der Waals surface area contributed by atoms with Gasteiger partial charge >= 0.3 is 0 Å². The fourth-order valence-electron chi connectivity index (χ4n) is 1.86. The molecule has 1 amide bonds. The molecule has 2 aliphatic rings. The summed E-state index contributed by atoms with van der Waals surface area (Å²) in [5.74, 6) is 2.69. The van der Waals surface area contributed by atoms with Crippen molar-refractivity contribution in [2.75, 3.05) is 11.9 Å². The lowest BCUT2D eigenvalue weighted by molar-refractivity contribution is -0.125. The molecule has 4 nitrogen and oxygen atoms in total. The zero-order chi connectivity index (χ0) is 16.3. The molecule has 2 aliphatic carbocycles. The van der Waals surface area contributed by atoms with E-state index in [0.29, 0.717) is 11.6 Å². The zero-order valence-electron chi connectivity index (χ0n) is 13.3. The summed E-state index contributed by atoms with van der Waals surface area (Å²) in [5, 5.41) is 0. The molecule has 1 aromatic rings. The van der Waals surface area contributed by atoms with Crippen LogP contribution in [-0.4, -0.2) is 22.9 Å². The second kappa shape index (κ2) is 5.98. The molecule has 0 aromatic carbocycles. The Morgan fingerprint density at radius 2 is 1.86 bits per heavy atom. The van der Waals surface area contributed by atoms with Gasteiger partial charge in [-0.25, -0.2) is 9.97 Å². The lowest BCUT2D eigenvalue weighted by Crippen LogP contribution is -2.37.